The summed E-state index contributed by atoms with van der Waals surface area (Å²) in [6.07, 6.45) is -4.11. The average molecular weight is 531 g/mol. The number of carbonyl (C=O) groups is 1. The summed E-state index contributed by atoms with van der Waals surface area (Å²) in [5.41, 5.74) is 4.22. The minimum Gasteiger partial charge on any atom is -0.353 e. The predicted molar refractivity (Wildman–Crippen MR) is 146 cm³/mol. The molecule has 0 atom stereocenters. The lowest BCUT2D eigenvalue weighted by atomic mass is 10.0. The molecule has 0 aliphatic carbocycles. The van der Waals surface area contributed by atoms with Crippen LogP contribution >= 0.6 is 0 Å². The van der Waals surface area contributed by atoms with Crippen LogP contribution < -0.4 is 4.90 Å². The number of nitrogens with zero attached hydrogens (tertiary/aromatic N) is 4. The number of rotatable bonds is 5. The molecule has 200 valence electrons. The Morgan fingerprint density at radius 1 is 0.821 bits per heavy atom. The Hall–Kier alpha value is -4.20. The van der Waals surface area contributed by atoms with Crippen LogP contribution in [0.2, 0.25) is 0 Å². The topological polar surface area (TPSA) is 49.3 Å². The van der Waals surface area contributed by atoms with E-state index in [1.54, 1.807) is 6.07 Å². The molecule has 39 heavy (non-hydrogen) atoms. The van der Waals surface area contributed by atoms with E-state index in [0.29, 0.717) is 43.1 Å². The molecule has 2 heterocycles. The van der Waals surface area contributed by atoms with Crippen molar-refractivity contribution < 1.29 is 18.0 Å². The maximum absolute atomic E-state index is 13.3. The standard InChI is InChI=1S/C31H29F3N4O/c1-21-28(20-23-7-6-10-27(19-23)31(32,33)34)29(36-22(2)35-21)37-15-17-38(18-16-37)30(39)26-13-11-25(12-14-26)24-8-4-3-5-9-24/h3-14,19H,15-18,20H2,1-2H3. The minimum atomic E-state index is -4.40. The third kappa shape index (κ3) is 5.95. The quantitative estimate of drug-likeness (QED) is 0.303. The zero-order chi connectivity index (χ0) is 27.6. The number of amides is 1. The van der Waals surface area contributed by atoms with Crippen molar-refractivity contribution in [2.45, 2.75) is 26.4 Å². The molecule has 1 aromatic heterocycles. The Kier molecular flexibility index (Phi) is 7.37. The second-order valence-electron chi connectivity index (χ2n) is 9.76. The van der Waals surface area contributed by atoms with Gasteiger partial charge >= 0.3 is 6.18 Å². The number of aromatic nitrogens is 2. The summed E-state index contributed by atoms with van der Waals surface area (Å²) in [5, 5.41) is 0. The average Bonchev–Trinajstić information content (AvgIpc) is 2.94. The largest absolute Gasteiger partial charge is 0.416 e. The van der Waals surface area contributed by atoms with Crippen molar-refractivity contribution in [1.82, 2.24) is 14.9 Å². The van der Waals surface area contributed by atoms with Gasteiger partial charge in [0.1, 0.15) is 11.6 Å². The lowest BCUT2D eigenvalue weighted by molar-refractivity contribution is -0.137. The first-order valence-electron chi connectivity index (χ1n) is 12.9. The van der Waals surface area contributed by atoms with Gasteiger partial charge in [0, 0.05) is 49.4 Å². The van der Waals surface area contributed by atoms with Crippen LogP contribution in [0.3, 0.4) is 0 Å². The molecular weight excluding hydrogens is 501 g/mol. The van der Waals surface area contributed by atoms with Crippen LogP contribution in [-0.2, 0) is 12.6 Å². The number of hydrogen-bond acceptors (Lipinski definition) is 4. The first-order chi connectivity index (χ1) is 18.7. The molecule has 0 spiro atoms. The number of hydrogen-bond donors (Lipinski definition) is 0. The van der Waals surface area contributed by atoms with Gasteiger partial charge in [-0.25, -0.2) is 9.97 Å². The molecule has 0 radical (unpaired) electrons. The Morgan fingerprint density at radius 3 is 2.15 bits per heavy atom. The maximum Gasteiger partial charge on any atom is 0.416 e. The zero-order valence-electron chi connectivity index (χ0n) is 21.9. The molecule has 5 nitrogen and oxygen atoms in total. The smallest absolute Gasteiger partial charge is 0.353 e. The highest BCUT2D eigenvalue weighted by Gasteiger charge is 2.31. The lowest BCUT2D eigenvalue weighted by Gasteiger charge is -2.36. The third-order valence-corrected chi connectivity index (χ3v) is 7.04. The molecule has 3 aromatic carbocycles. The van der Waals surface area contributed by atoms with Gasteiger partial charge in [0.25, 0.3) is 5.91 Å². The lowest BCUT2D eigenvalue weighted by Crippen LogP contribution is -2.49. The van der Waals surface area contributed by atoms with E-state index in [1.165, 1.54) is 12.1 Å². The van der Waals surface area contributed by atoms with E-state index in [1.807, 2.05) is 73.3 Å². The summed E-state index contributed by atoms with van der Waals surface area (Å²) in [4.78, 5) is 26.3. The van der Waals surface area contributed by atoms with E-state index < -0.39 is 11.7 Å². The molecule has 1 saturated heterocycles. The van der Waals surface area contributed by atoms with Crippen LogP contribution in [0.1, 0.15) is 38.6 Å². The normalized spacial score (nSPS) is 14.0. The van der Waals surface area contributed by atoms with Gasteiger partial charge in [-0.15, -0.1) is 0 Å². The van der Waals surface area contributed by atoms with Gasteiger partial charge in [-0.1, -0.05) is 60.7 Å². The van der Waals surface area contributed by atoms with Crippen LogP contribution in [0.4, 0.5) is 19.0 Å². The molecule has 0 saturated carbocycles. The van der Waals surface area contributed by atoms with Crippen LogP contribution in [0.5, 0.6) is 0 Å². The van der Waals surface area contributed by atoms with E-state index in [0.717, 1.165) is 34.3 Å². The van der Waals surface area contributed by atoms with Crippen LogP contribution in [0, 0.1) is 13.8 Å². The van der Waals surface area contributed by atoms with Crippen molar-refractivity contribution in [1.29, 1.82) is 0 Å². The van der Waals surface area contributed by atoms with Gasteiger partial charge in [-0.05, 0) is 48.7 Å². The van der Waals surface area contributed by atoms with Gasteiger partial charge in [0.15, 0.2) is 0 Å². The first-order valence-corrected chi connectivity index (χ1v) is 12.9. The molecule has 8 heteroatoms. The Balaban J connectivity index is 1.30. The number of piperazine rings is 1. The molecule has 5 rings (SSSR count). The monoisotopic (exact) mass is 530 g/mol. The first kappa shape index (κ1) is 26.4. The van der Waals surface area contributed by atoms with Crippen molar-refractivity contribution in [3.63, 3.8) is 0 Å². The zero-order valence-corrected chi connectivity index (χ0v) is 21.9. The highest BCUT2D eigenvalue weighted by atomic mass is 19.4. The van der Waals surface area contributed by atoms with E-state index in [9.17, 15) is 18.0 Å². The van der Waals surface area contributed by atoms with Crippen molar-refractivity contribution >= 4 is 11.7 Å². The second-order valence-corrected chi connectivity index (χ2v) is 9.76. The van der Waals surface area contributed by atoms with Crippen molar-refractivity contribution in [3.8, 4) is 11.1 Å². The van der Waals surface area contributed by atoms with Gasteiger partial charge in [-0.3, -0.25) is 4.79 Å². The Morgan fingerprint density at radius 2 is 1.49 bits per heavy atom. The molecule has 1 aliphatic heterocycles. The Bertz CT molecular complexity index is 1460. The van der Waals surface area contributed by atoms with E-state index in [-0.39, 0.29) is 12.3 Å². The SMILES string of the molecule is Cc1nc(C)c(Cc2cccc(C(F)(F)F)c2)c(N2CCN(C(=O)c3ccc(-c4ccccc4)cc3)CC2)n1. The fourth-order valence-corrected chi connectivity index (χ4v) is 4.99. The summed E-state index contributed by atoms with van der Waals surface area (Å²) in [7, 11) is 0. The van der Waals surface area contributed by atoms with E-state index >= 15 is 0 Å². The minimum absolute atomic E-state index is 0.0199. The van der Waals surface area contributed by atoms with Crippen molar-refractivity contribution in [2.24, 2.45) is 0 Å². The maximum atomic E-state index is 13.3. The molecule has 0 N–H and O–H groups in total. The van der Waals surface area contributed by atoms with Crippen LogP contribution in [0.25, 0.3) is 11.1 Å². The number of benzene rings is 3. The van der Waals surface area contributed by atoms with Crippen LogP contribution in [-0.4, -0.2) is 47.0 Å². The van der Waals surface area contributed by atoms with Crippen LogP contribution in [0.15, 0.2) is 78.9 Å². The molecule has 4 aromatic rings. The summed E-state index contributed by atoms with van der Waals surface area (Å²) in [5.74, 6) is 1.30. The highest BCUT2D eigenvalue weighted by Crippen LogP contribution is 2.31. The molecule has 0 unspecified atom stereocenters. The van der Waals surface area contributed by atoms with Gasteiger partial charge in [0.2, 0.25) is 0 Å². The summed E-state index contributed by atoms with van der Waals surface area (Å²) >= 11 is 0. The van der Waals surface area contributed by atoms with E-state index in [2.05, 4.69) is 14.9 Å². The predicted octanol–water partition coefficient (Wildman–Crippen LogP) is 6.33. The van der Waals surface area contributed by atoms with Crippen molar-refractivity contribution in [2.75, 3.05) is 31.1 Å². The summed E-state index contributed by atoms with van der Waals surface area (Å²) in [6, 6.07) is 23.0. The third-order valence-electron chi connectivity index (χ3n) is 7.04. The molecule has 0 bridgehead atoms. The van der Waals surface area contributed by atoms with Gasteiger partial charge in [0.05, 0.1) is 5.56 Å². The van der Waals surface area contributed by atoms with Gasteiger partial charge in [-0.2, -0.15) is 13.2 Å². The molecule has 1 amide bonds. The molecule has 1 aliphatic rings. The summed E-state index contributed by atoms with van der Waals surface area (Å²) in [6.45, 7) is 5.84. The van der Waals surface area contributed by atoms with E-state index in [4.69, 9.17) is 0 Å². The fourth-order valence-electron chi connectivity index (χ4n) is 4.99. The number of halogens is 3. The fraction of sp³-hybridized carbons (Fsp3) is 0.258. The second kappa shape index (κ2) is 10.9. The van der Waals surface area contributed by atoms with Crippen molar-refractivity contribution in [3.05, 3.63) is 113 Å². The van der Waals surface area contributed by atoms with Gasteiger partial charge < -0.3 is 9.80 Å². The number of aryl methyl sites for hydroxylation is 2. The number of anilines is 1. The Labute approximate surface area is 225 Å². The molecular formula is C31H29F3N4O. The number of carbonyl (C=O) groups excluding carboxylic acids is 1. The highest BCUT2D eigenvalue weighted by molar-refractivity contribution is 5.95. The molecule has 1 fully saturated rings. The number of alkyl halides is 3. The summed E-state index contributed by atoms with van der Waals surface area (Å²) < 4.78 is 39.8.